The van der Waals surface area contributed by atoms with E-state index < -0.39 is 0 Å². The first-order valence-corrected chi connectivity index (χ1v) is 7.86. The maximum Gasteiger partial charge on any atom is 0.109 e. The van der Waals surface area contributed by atoms with Crippen LogP contribution in [-0.2, 0) is 0 Å². The minimum atomic E-state index is 0.596. The molecule has 2 atom stereocenters. The molecule has 1 rings (SSSR count). The van der Waals surface area contributed by atoms with Crippen LogP contribution in [0.4, 0.5) is 0 Å². The zero-order valence-corrected chi connectivity index (χ0v) is 12.9. The van der Waals surface area contributed by atoms with Gasteiger partial charge in [0.05, 0.1) is 0 Å². The normalized spacial score (nSPS) is 37.7. The second-order valence-electron chi connectivity index (χ2n) is 7.74. The highest BCUT2D eigenvalue weighted by atomic mass is 14.3. The van der Waals surface area contributed by atoms with Crippen LogP contribution in [0, 0.1) is 11.3 Å². The zero-order valence-electron chi connectivity index (χ0n) is 12.9. The lowest BCUT2D eigenvalue weighted by Crippen LogP contribution is -2.23. The third kappa shape index (κ3) is 5.06. The fourth-order valence-corrected chi connectivity index (χ4v) is 3.27. The van der Waals surface area contributed by atoms with E-state index in [1.54, 1.807) is 0 Å². The van der Waals surface area contributed by atoms with E-state index >= 15 is 0 Å². The molecule has 0 N–H and O–H groups in total. The number of hydrogen-bond donors (Lipinski definition) is 0. The molecule has 0 saturated heterocycles. The van der Waals surface area contributed by atoms with Crippen LogP contribution in [0.3, 0.4) is 0 Å². The molecule has 0 amide bonds. The third-order valence-corrected chi connectivity index (χ3v) is 5.35. The van der Waals surface area contributed by atoms with Crippen molar-refractivity contribution in [1.29, 1.82) is 0 Å². The molecule has 1 aliphatic carbocycles. The van der Waals surface area contributed by atoms with Gasteiger partial charge in [-0.3, -0.25) is 0 Å². The lowest BCUT2D eigenvalue weighted by molar-refractivity contribution is 0.170. The van der Waals surface area contributed by atoms with Gasteiger partial charge in [-0.25, -0.2) is 0 Å². The van der Waals surface area contributed by atoms with Crippen LogP contribution in [-0.4, -0.2) is 7.85 Å². The first kappa shape index (κ1) is 15.1. The molecular formula is C16H33B. The Labute approximate surface area is 110 Å². The molecule has 0 aromatic carbocycles. The summed E-state index contributed by atoms with van der Waals surface area (Å²) < 4.78 is 0. The van der Waals surface area contributed by atoms with Gasteiger partial charge in [0.1, 0.15) is 7.85 Å². The maximum atomic E-state index is 2.53. The van der Waals surface area contributed by atoms with Gasteiger partial charge >= 0.3 is 0 Å². The fourth-order valence-electron chi connectivity index (χ4n) is 3.27. The molecule has 0 aromatic heterocycles. The fraction of sp³-hybridized carbons (Fsp3) is 1.00. The minimum absolute atomic E-state index is 0.596. The minimum Gasteiger partial charge on any atom is -0.0669 e. The van der Waals surface area contributed by atoms with Crippen molar-refractivity contribution >= 4 is 7.85 Å². The Kier molecular flexibility index (Phi) is 5.60. The van der Waals surface area contributed by atoms with Gasteiger partial charge in [0.15, 0.2) is 0 Å². The smallest absolute Gasteiger partial charge is 0.0669 e. The van der Waals surface area contributed by atoms with Gasteiger partial charge in [-0.15, -0.1) is 0 Å². The molecule has 1 heteroatoms. The van der Waals surface area contributed by atoms with Gasteiger partial charge in [-0.05, 0) is 24.2 Å². The highest BCUT2D eigenvalue weighted by molar-refractivity contribution is 6.14. The predicted molar refractivity (Wildman–Crippen MR) is 81.4 cm³/mol. The van der Waals surface area contributed by atoms with E-state index in [2.05, 4.69) is 35.5 Å². The van der Waals surface area contributed by atoms with Crippen LogP contribution in [0.1, 0.15) is 85.5 Å². The van der Waals surface area contributed by atoms with Crippen LogP contribution in [0.25, 0.3) is 0 Å². The van der Waals surface area contributed by atoms with Gasteiger partial charge in [0.2, 0.25) is 0 Å². The van der Waals surface area contributed by atoms with Crippen LogP contribution in [0.15, 0.2) is 0 Å². The summed E-state index contributed by atoms with van der Waals surface area (Å²) in [5.41, 5.74) is 0.606. The monoisotopic (exact) mass is 236 g/mol. The SMILES string of the molecule is BC1(C)CCCCCC(C)(C(C)C)CCCC1. The summed E-state index contributed by atoms with van der Waals surface area (Å²) in [5, 5.41) is 0.596. The molecule has 1 aliphatic rings. The molecule has 1 fully saturated rings. The van der Waals surface area contributed by atoms with Crippen molar-refractivity contribution in [3.8, 4) is 0 Å². The molecule has 0 spiro atoms. The topological polar surface area (TPSA) is 0 Å². The first-order valence-electron chi connectivity index (χ1n) is 7.86. The molecule has 17 heavy (non-hydrogen) atoms. The average Bonchev–Trinajstić information content (AvgIpc) is 2.25. The van der Waals surface area contributed by atoms with E-state index in [1.807, 2.05) is 0 Å². The van der Waals surface area contributed by atoms with Crippen LogP contribution in [0.2, 0.25) is 5.31 Å². The molecule has 2 unspecified atom stereocenters. The maximum absolute atomic E-state index is 2.53. The summed E-state index contributed by atoms with van der Waals surface area (Å²) >= 11 is 0. The zero-order chi connectivity index (χ0) is 12.9. The molecule has 100 valence electrons. The summed E-state index contributed by atoms with van der Waals surface area (Å²) in [5.74, 6) is 0.844. The summed E-state index contributed by atoms with van der Waals surface area (Å²) in [6.07, 6.45) is 13.0. The van der Waals surface area contributed by atoms with E-state index in [9.17, 15) is 0 Å². The van der Waals surface area contributed by atoms with Crippen molar-refractivity contribution < 1.29 is 0 Å². The highest BCUT2D eigenvalue weighted by Gasteiger charge is 2.28. The Morgan fingerprint density at radius 2 is 1.18 bits per heavy atom. The first-order chi connectivity index (χ1) is 7.86. The van der Waals surface area contributed by atoms with Crippen LogP contribution in [0.5, 0.6) is 0 Å². The van der Waals surface area contributed by atoms with E-state index in [0.717, 1.165) is 5.92 Å². The molecular weight excluding hydrogens is 203 g/mol. The summed E-state index contributed by atoms with van der Waals surface area (Å²) in [7, 11) is 2.46. The summed E-state index contributed by atoms with van der Waals surface area (Å²) in [6.45, 7) is 9.83. The van der Waals surface area contributed by atoms with Crippen molar-refractivity contribution in [3.05, 3.63) is 0 Å². The largest absolute Gasteiger partial charge is 0.109 e. The van der Waals surface area contributed by atoms with Crippen molar-refractivity contribution in [1.82, 2.24) is 0 Å². The van der Waals surface area contributed by atoms with Gasteiger partial charge in [0, 0.05) is 0 Å². The van der Waals surface area contributed by atoms with Gasteiger partial charge in [-0.2, -0.15) is 0 Å². The second-order valence-corrected chi connectivity index (χ2v) is 7.74. The Morgan fingerprint density at radius 3 is 1.71 bits per heavy atom. The lowest BCUT2D eigenvalue weighted by Gasteiger charge is -2.34. The summed E-state index contributed by atoms with van der Waals surface area (Å²) in [6, 6.07) is 0. The third-order valence-electron chi connectivity index (χ3n) is 5.35. The molecule has 0 aliphatic heterocycles. The standard InChI is InChI=1S/C16H33B/c1-14(2)15(3)10-6-5-7-12-16(4,17)13-9-8-11-15/h14H,5-13,17H2,1-4H3. The van der Waals surface area contributed by atoms with Crippen molar-refractivity contribution in [3.63, 3.8) is 0 Å². The number of hydrogen-bond acceptors (Lipinski definition) is 0. The summed E-state index contributed by atoms with van der Waals surface area (Å²) in [4.78, 5) is 0. The van der Waals surface area contributed by atoms with Crippen LogP contribution < -0.4 is 0 Å². The predicted octanol–water partition coefficient (Wildman–Crippen LogP) is 4.98. The van der Waals surface area contributed by atoms with Gasteiger partial charge < -0.3 is 0 Å². The second kappa shape index (κ2) is 6.30. The molecule has 0 heterocycles. The van der Waals surface area contributed by atoms with Crippen molar-refractivity contribution in [2.24, 2.45) is 11.3 Å². The lowest BCUT2D eigenvalue weighted by atomic mass is 9.64. The molecule has 0 bridgehead atoms. The van der Waals surface area contributed by atoms with E-state index in [4.69, 9.17) is 0 Å². The van der Waals surface area contributed by atoms with E-state index in [0.29, 0.717) is 10.7 Å². The Bertz CT molecular complexity index is 220. The van der Waals surface area contributed by atoms with Crippen molar-refractivity contribution in [2.45, 2.75) is 90.8 Å². The highest BCUT2D eigenvalue weighted by Crippen LogP contribution is 2.41. The molecule has 0 radical (unpaired) electrons. The van der Waals surface area contributed by atoms with Crippen LogP contribution >= 0.6 is 0 Å². The average molecular weight is 236 g/mol. The number of rotatable bonds is 1. The van der Waals surface area contributed by atoms with Gasteiger partial charge in [-0.1, -0.05) is 78.0 Å². The molecule has 0 nitrogen and oxygen atoms in total. The van der Waals surface area contributed by atoms with Gasteiger partial charge in [0.25, 0.3) is 0 Å². The van der Waals surface area contributed by atoms with E-state index in [1.165, 1.54) is 57.8 Å². The van der Waals surface area contributed by atoms with Crippen molar-refractivity contribution in [2.75, 3.05) is 0 Å². The Morgan fingerprint density at radius 1 is 0.765 bits per heavy atom. The van der Waals surface area contributed by atoms with E-state index in [-0.39, 0.29) is 0 Å². The quantitative estimate of drug-likeness (QED) is 0.563. The Hall–Kier alpha value is 0.0649. The Balaban J connectivity index is 2.56. The molecule has 0 aromatic rings. The molecule has 1 saturated carbocycles.